The molecule has 78 heavy (non-hydrogen) atoms. The number of esters is 2. The van der Waals surface area contributed by atoms with Crippen LogP contribution in [-0.2, 0) is 33.3 Å². The molecule has 0 heterocycles. The van der Waals surface area contributed by atoms with Gasteiger partial charge in [-0.15, -0.1) is 0 Å². The SMILES string of the molecule is CCCCCCCC/C=C\CCCCCCCCCC(=O)OC(COC(=O)CCCCCCCCCCCCCCCCCCCCCCCCCCCCCCCCCCCCCC)COC(OCC[N+](C)(C)C)C(=O)O. The second-order valence-corrected chi connectivity index (χ2v) is 24.8. The van der Waals surface area contributed by atoms with Gasteiger partial charge >= 0.3 is 17.9 Å². The summed E-state index contributed by atoms with van der Waals surface area (Å²) in [6.45, 7) is 4.93. The number of carbonyl (C=O) groups excluding carboxylic acids is 2. The highest BCUT2D eigenvalue weighted by atomic mass is 16.7. The zero-order valence-corrected chi connectivity index (χ0v) is 52.9. The summed E-state index contributed by atoms with van der Waals surface area (Å²) >= 11 is 0. The Bertz CT molecular complexity index is 1280. The van der Waals surface area contributed by atoms with E-state index in [1.54, 1.807) is 0 Å². The quantitative estimate of drug-likeness (QED) is 0.0211. The van der Waals surface area contributed by atoms with Gasteiger partial charge in [0, 0.05) is 12.8 Å². The van der Waals surface area contributed by atoms with Crippen molar-refractivity contribution in [2.45, 2.75) is 367 Å². The lowest BCUT2D eigenvalue weighted by molar-refractivity contribution is -0.870. The second-order valence-electron chi connectivity index (χ2n) is 24.8. The molecule has 0 aliphatic carbocycles. The maximum absolute atomic E-state index is 12.9. The van der Waals surface area contributed by atoms with Crippen LogP contribution in [0.5, 0.6) is 0 Å². The summed E-state index contributed by atoms with van der Waals surface area (Å²) < 4.78 is 22.9. The molecule has 0 aromatic heterocycles. The molecule has 0 aliphatic rings. The first-order valence-corrected chi connectivity index (χ1v) is 34.4. The lowest BCUT2D eigenvalue weighted by atomic mass is 10.0. The van der Waals surface area contributed by atoms with Crippen LogP contribution in [0.15, 0.2) is 12.2 Å². The third-order valence-electron chi connectivity index (χ3n) is 15.8. The van der Waals surface area contributed by atoms with Crippen molar-refractivity contribution in [3.05, 3.63) is 12.2 Å². The van der Waals surface area contributed by atoms with Crippen LogP contribution in [0.25, 0.3) is 0 Å². The molecule has 0 aliphatic heterocycles. The van der Waals surface area contributed by atoms with Gasteiger partial charge in [-0.1, -0.05) is 315 Å². The first-order chi connectivity index (χ1) is 38.1. The van der Waals surface area contributed by atoms with Gasteiger partial charge in [0.05, 0.1) is 34.4 Å². The predicted octanol–water partition coefficient (Wildman–Crippen LogP) is 20.9. The van der Waals surface area contributed by atoms with Crippen LogP contribution >= 0.6 is 0 Å². The third kappa shape index (κ3) is 61.6. The molecule has 0 aromatic rings. The van der Waals surface area contributed by atoms with Gasteiger partial charge in [-0.25, -0.2) is 4.79 Å². The van der Waals surface area contributed by atoms with E-state index in [9.17, 15) is 19.5 Å². The molecule has 0 amide bonds. The van der Waals surface area contributed by atoms with Crippen molar-refractivity contribution < 1.29 is 42.9 Å². The number of quaternary nitrogens is 1. The number of carboxylic acids is 1. The summed E-state index contributed by atoms with van der Waals surface area (Å²) in [4.78, 5) is 37.5. The molecule has 0 rings (SSSR count). The van der Waals surface area contributed by atoms with Crippen LogP contribution in [0.3, 0.4) is 0 Å². The number of unbranched alkanes of at least 4 members (excludes halogenated alkanes) is 48. The molecular formula is C69H134NO8+. The van der Waals surface area contributed by atoms with Crippen molar-refractivity contribution in [2.24, 2.45) is 0 Å². The molecule has 0 radical (unpaired) electrons. The van der Waals surface area contributed by atoms with E-state index in [2.05, 4.69) is 26.0 Å². The van der Waals surface area contributed by atoms with Crippen molar-refractivity contribution >= 4 is 17.9 Å². The molecule has 9 nitrogen and oxygen atoms in total. The van der Waals surface area contributed by atoms with Gasteiger partial charge in [0.25, 0.3) is 6.29 Å². The van der Waals surface area contributed by atoms with Gasteiger partial charge in [0.1, 0.15) is 13.2 Å². The molecule has 0 saturated heterocycles. The summed E-state index contributed by atoms with van der Waals surface area (Å²) in [6.07, 6.45) is 70.6. The number of hydrogen-bond donors (Lipinski definition) is 1. The fourth-order valence-electron chi connectivity index (χ4n) is 10.5. The summed E-state index contributed by atoms with van der Waals surface area (Å²) in [6, 6.07) is 0. The number of nitrogens with zero attached hydrogens (tertiary/aromatic N) is 1. The standard InChI is InChI=1S/C69H133NO8/c1-6-8-10-12-14-16-18-20-22-24-25-26-27-28-29-30-31-32-33-34-35-36-37-38-39-40-41-42-44-45-47-49-51-53-55-57-59-66(71)76-63-65(64-77-69(68(73)74)75-62-61-70(3,4)5)78-67(72)60-58-56-54-52-50-48-46-43-23-21-19-17-15-13-11-9-7-2/h21,23,65,69H,6-20,22,24-64H2,1-5H3/p+1/b23-21-. The zero-order chi connectivity index (χ0) is 56.9. The van der Waals surface area contributed by atoms with Gasteiger partial charge in [-0.05, 0) is 38.5 Å². The molecule has 0 spiro atoms. The maximum atomic E-state index is 12.9. The number of likely N-dealkylation sites (N-methyl/N-ethyl adjacent to an activating group) is 1. The fraction of sp³-hybridized carbons (Fsp3) is 0.928. The van der Waals surface area contributed by atoms with Gasteiger partial charge in [-0.3, -0.25) is 9.59 Å². The molecule has 9 heteroatoms. The molecule has 0 saturated carbocycles. The number of aliphatic carboxylic acids is 1. The van der Waals surface area contributed by atoms with Crippen LogP contribution in [0, 0.1) is 0 Å². The minimum absolute atomic E-state index is 0.177. The van der Waals surface area contributed by atoms with E-state index in [4.69, 9.17) is 18.9 Å². The van der Waals surface area contributed by atoms with Crippen molar-refractivity contribution in [3.8, 4) is 0 Å². The summed E-state index contributed by atoms with van der Waals surface area (Å²) in [5, 5.41) is 9.72. The number of hydrogen-bond acceptors (Lipinski definition) is 7. The Morgan fingerprint density at radius 2 is 0.654 bits per heavy atom. The Kier molecular flexibility index (Phi) is 59.6. The van der Waals surface area contributed by atoms with Crippen LogP contribution < -0.4 is 0 Å². The fourth-order valence-corrected chi connectivity index (χ4v) is 10.5. The molecule has 0 aromatic carbocycles. The summed E-state index contributed by atoms with van der Waals surface area (Å²) in [5.74, 6) is -1.98. The van der Waals surface area contributed by atoms with Gasteiger partial charge in [0.15, 0.2) is 6.10 Å². The van der Waals surface area contributed by atoms with Crippen molar-refractivity contribution in [2.75, 3.05) is 47.5 Å². The number of ether oxygens (including phenoxy) is 4. The Balaban J connectivity index is 3.95. The number of rotatable bonds is 65. The average molecular weight is 1110 g/mol. The smallest absolute Gasteiger partial charge is 0.361 e. The highest BCUT2D eigenvalue weighted by Crippen LogP contribution is 2.19. The molecule has 462 valence electrons. The van der Waals surface area contributed by atoms with Crippen LogP contribution in [-0.4, -0.2) is 87.4 Å². The lowest BCUT2D eigenvalue weighted by Gasteiger charge is -2.25. The minimum atomic E-state index is -1.51. The highest BCUT2D eigenvalue weighted by molar-refractivity contribution is 5.71. The molecule has 1 N–H and O–H groups in total. The van der Waals surface area contributed by atoms with E-state index in [0.29, 0.717) is 17.4 Å². The lowest BCUT2D eigenvalue weighted by Crippen LogP contribution is -2.40. The van der Waals surface area contributed by atoms with E-state index < -0.39 is 24.3 Å². The topological polar surface area (TPSA) is 108 Å². The highest BCUT2D eigenvalue weighted by Gasteiger charge is 2.25. The van der Waals surface area contributed by atoms with E-state index >= 15 is 0 Å². The molecular weight excluding hydrogens is 971 g/mol. The third-order valence-corrected chi connectivity index (χ3v) is 15.8. The second kappa shape index (κ2) is 61.1. The Morgan fingerprint density at radius 3 is 0.949 bits per heavy atom. The number of allylic oxidation sites excluding steroid dienone is 2. The minimum Gasteiger partial charge on any atom is -0.477 e. The molecule has 2 unspecified atom stereocenters. The van der Waals surface area contributed by atoms with Crippen LogP contribution in [0.2, 0.25) is 0 Å². The molecule has 2 atom stereocenters. The number of carboxylic acid groups (broad SMARTS) is 1. The number of carbonyl (C=O) groups is 3. The molecule has 0 bridgehead atoms. The Labute approximate surface area is 485 Å². The normalized spacial score (nSPS) is 12.7. The first-order valence-electron chi connectivity index (χ1n) is 34.4. The molecule has 0 fully saturated rings. The Morgan fingerprint density at radius 1 is 0.372 bits per heavy atom. The van der Waals surface area contributed by atoms with Gasteiger partial charge in [-0.2, -0.15) is 0 Å². The van der Waals surface area contributed by atoms with E-state index in [0.717, 1.165) is 51.4 Å². The van der Waals surface area contributed by atoms with E-state index in [1.807, 2.05) is 21.1 Å². The maximum Gasteiger partial charge on any atom is 0.361 e. The summed E-state index contributed by atoms with van der Waals surface area (Å²) in [7, 11) is 5.98. The average Bonchev–Trinajstić information content (AvgIpc) is 3.41. The van der Waals surface area contributed by atoms with Crippen LogP contribution in [0.1, 0.15) is 354 Å². The van der Waals surface area contributed by atoms with Crippen molar-refractivity contribution in [3.63, 3.8) is 0 Å². The van der Waals surface area contributed by atoms with Crippen LogP contribution in [0.4, 0.5) is 0 Å². The summed E-state index contributed by atoms with van der Waals surface area (Å²) in [5.41, 5.74) is 0. The Hall–Kier alpha value is -1.97. The van der Waals surface area contributed by atoms with E-state index in [1.165, 1.54) is 276 Å². The predicted molar refractivity (Wildman–Crippen MR) is 332 cm³/mol. The van der Waals surface area contributed by atoms with Crippen molar-refractivity contribution in [1.82, 2.24) is 0 Å². The largest absolute Gasteiger partial charge is 0.477 e. The zero-order valence-electron chi connectivity index (χ0n) is 52.9. The first kappa shape index (κ1) is 76.0. The van der Waals surface area contributed by atoms with Gasteiger partial charge < -0.3 is 28.5 Å². The van der Waals surface area contributed by atoms with Gasteiger partial charge in [0.2, 0.25) is 0 Å². The monoisotopic (exact) mass is 1110 g/mol. The van der Waals surface area contributed by atoms with E-state index in [-0.39, 0.29) is 32.2 Å². The van der Waals surface area contributed by atoms with Crippen molar-refractivity contribution in [1.29, 1.82) is 0 Å².